The van der Waals surface area contributed by atoms with Gasteiger partial charge in [0.15, 0.2) is 0 Å². The average Bonchev–Trinajstić information content (AvgIpc) is 2.73. The number of likely N-dealkylation sites (tertiary alicyclic amines) is 1. The van der Waals surface area contributed by atoms with Crippen LogP contribution in [0, 0.1) is 11.8 Å². The number of rotatable bonds is 6. The largest absolute Gasteiger partial charge is 0.466 e. The quantitative estimate of drug-likeness (QED) is 0.459. The summed E-state index contributed by atoms with van der Waals surface area (Å²) in [5, 5.41) is 0. The molecule has 23 heavy (non-hydrogen) atoms. The predicted octanol–water partition coefficient (Wildman–Crippen LogP) is 0.226. The fourth-order valence-corrected chi connectivity index (χ4v) is 2.64. The van der Waals surface area contributed by atoms with Gasteiger partial charge >= 0.3 is 5.97 Å². The molecule has 7 nitrogen and oxygen atoms in total. The Labute approximate surface area is 133 Å². The molecule has 1 fully saturated rings. The number of nitrogens with two attached hydrogens (primary N) is 1. The molecule has 0 aromatic heterocycles. The third kappa shape index (κ3) is 3.56. The summed E-state index contributed by atoms with van der Waals surface area (Å²) in [6.45, 7) is 1.83. The Hall–Kier alpha value is -2.70. The summed E-state index contributed by atoms with van der Waals surface area (Å²) < 4.78 is 4.80. The van der Waals surface area contributed by atoms with E-state index in [1.165, 1.54) is 0 Å². The molecule has 0 spiro atoms. The molecule has 0 unspecified atom stereocenters. The molecule has 1 aliphatic heterocycles. The maximum absolute atomic E-state index is 12.5. The van der Waals surface area contributed by atoms with E-state index in [2.05, 4.69) is 0 Å². The van der Waals surface area contributed by atoms with Gasteiger partial charge in [-0.2, -0.15) is 0 Å². The van der Waals surface area contributed by atoms with Crippen molar-refractivity contribution >= 4 is 23.7 Å². The smallest absolute Gasteiger partial charge is 0.306 e. The number of carbonyl (C=O) groups is 4. The molecule has 122 valence electrons. The molecule has 3 amide bonds. The van der Waals surface area contributed by atoms with E-state index in [-0.39, 0.29) is 19.6 Å². The SMILES string of the molecule is CCOC(=O)C[C@@H]1C(=O)N(Cc2ccccc2)C(=O)[C@H]1C(N)=O. The maximum Gasteiger partial charge on any atom is 0.306 e. The molecule has 1 aromatic carbocycles. The van der Waals surface area contributed by atoms with Crippen LogP contribution in [0.3, 0.4) is 0 Å². The lowest BCUT2D eigenvalue weighted by atomic mass is 9.91. The van der Waals surface area contributed by atoms with Crippen LogP contribution in [0.1, 0.15) is 18.9 Å². The lowest BCUT2D eigenvalue weighted by Crippen LogP contribution is -2.35. The molecule has 0 bridgehead atoms. The predicted molar refractivity (Wildman–Crippen MR) is 79.4 cm³/mol. The number of hydrogen-bond acceptors (Lipinski definition) is 5. The zero-order chi connectivity index (χ0) is 17.0. The van der Waals surface area contributed by atoms with E-state index in [4.69, 9.17) is 10.5 Å². The highest BCUT2D eigenvalue weighted by Crippen LogP contribution is 2.30. The summed E-state index contributed by atoms with van der Waals surface area (Å²) in [7, 11) is 0. The van der Waals surface area contributed by atoms with Crippen LogP contribution in [0.25, 0.3) is 0 Å². The third-order valence-corrected chi connectivity index (χ3v) is 3.70. The summed E-state index contributed by atoms with van der Waals surface area (Å²) >= 11 is 0. The van der Waals surface area contributed by atoms with E-state index in [0.29, 0.717) is 0 Å². The highest BCUT2D eigenvalue weighted by atomic mass is 16.5. The van der Waals surface area contributed by atoms with Crippen molar-refractivity contribution in [1.29, 1.82) is 0 Å². The molecule has 0 radical (unpaired) electrons. The van der Waals surface area contributed by atoms with Crippen molar-refractivity contribution < 1.29 is 23.9 Å². The lowest BCUT2D eigenvalue weighted by molar-refractivity contribution is -0.148. The van der Waals surface area contributed by atoms with Crippen LogP contribution in [-0.4, -0.2) is 35.2 Å². The topological polar surface area (TPSA) is 107 Å². The number of carbonyl (C=O) groups excluding carboxylic acids is 4. The number of nitrogens with zero attached hydrogens (tertiary/aromatic N) is 1. The van der Waals surface area contributed by atoms with Crippen molar-refractivity contribution in [3.63, 3.8) is 0 Å². The molecule has 1 saturated heterocycles. The summed E-state index contributed by atoms with van der Waals surface area (Å²) in [6, 6.07) is 8.90. The Bertz CT molecular complexity index is 629. The first-order valence-electron chi connectivity index (χ1n) is 7.29. The van der Waals surface area contributed by atoms with Crippen molar-refractivity contribution in [3.05, 3.63) is 35.9 Å². The van der Waals surface area contributed by atoms with Gasteiger partial charge in [-0.25, -0.2) is 0 Å². The molecule has 7 heteroatoms. The number of primary amides is 1. The van der Waals surface area contributed by atoms with Gasteiger partial charge in [0, 0.05) is 0 Å². The van der Waals surface area contributed by atoms with Crippen LogP contribution in [0.15, 0.2) is 30.3 Å². The van der Waals surface area contributed by atoms with Gasteiger partial charge in [-0.1, -0.05) is 30.3 Å². The first-order chi connectivity index (χ1) is 11.0. The van der Waals surface area contributed by atoms with Crippen molar-refractivity contribution in [3.8, 4) is 0 Å². The maximum atomic E-state index is 12.5. The van der Waals surface area contributed by atoms with E-state index in [0.717, 1.165) is 10.5 Å². The number of amides is 3. The molecular weight excluding hydrogens is 300 g/mol. The number of hydrogen-bond donors (Lipinski definition) is 1. The Kier molecular flexibility index (Phi) is 5.10. The Morgan fingerprint density at radius 3 is 2.39 bits per heavy atom. The van der Waals surface area contributed by atoms with Gasteiger partial charge in [-0.05, 0) is 12.5 Å². The van der Waals surface area contributed by atoms with Gasteiger partial charge in [-0.15, -0.1) is 0 Å². The molecule has 1 aliphatic rings. The standard InChI is InChI=1S/C16H18N2O5/c1-2-23-12(19)8-11-13(14(17)20)16(22)18(15(11)21)9-10-6-4-3-5-7-10/h3-7,11,13H,2,8-9H2,1H3,(H2,17,20)/t11-,13+/m0/s1. The first kappa shape index (κ1) is 16.7. The van der Waals surface area contributed by atoms with Gasteiger partial charge in [0.1, 0.15) is 5.92 Å². The van der Waals surface area contributed by atoms with E-state index >= 15 is 0 Å². The second-order valence-electron chi connectivity index (χ2n) is 5.24. The Morgan fingerprint density at radius 1 is 1.17 bits per heavy atom. The minimum absolute atomic E-state index is 0.0433. The lowest BCUT2D eigenvalue weighted by Gasteiger charge is -2.14. The van der Waals surface area contributed by atoms with Gasteiger partial charge in [0.2, 0.25) is 17.7 Å². The van der Waals surface area contributed by atoms with Crippen molar-refractivity contribution in [2.45, 2.75) is 19.9 Å². The van der Waals surface area contributed by atoms with Gasteiger partial charge in [0.25, 0.3) is 0 Å². The number of esters is 1. The van der Waals surface area contributed by atoms with E-state index in [1.54, 1.807) is 31.2 Å². The Morgan fingerprint density at radius 2 is 1.83 bits per heavy atom. The molecule has 1 heterocycles. The molecule has 0 saturated carbocycles. The molecule has 0 aliphatic carbocycles. The normalized spacial score (nSPS) is 20.7. The molecule has 2 rings (SSSR count). The minimum Gasteiger partial charge on any atom is -0.466 e. The van der Waals surface area contributed by atoms with Crippen LogP contribution in [0.2, 0.25) is 0 Å². The third-order valence-electron chi connectivity index (χ3n) is 3.70. The fourth-order valence-electron chi connectivity index (χ4n) is 2.64. The summed E-state index contributed by atoms with van der Waals surface area (Å²) in [6.07, 6.45) is -0.336. The second kappa shape index (κ2) is 7.04. The first-order valence-corrected chi connectivity index (χ1v) is 7.29. The monoisotopic (exact) mass is 318 g/mol. The number of ether oxygens (including phenoxy) is 1. The van der Waals surface area contributed by atoms with Crippen molar-refractivity contribution in [2.24, 2.45) is 17.6 Å². The van der Waals surface area contributed by atoms with Crippen LogP contribution in [-0.2, 0) is 30.5 Å². The zero-order valence-electron chi connectivity index (χ0n) is 12.7. The van der Waals surface area contributed by atoms with Crippen LogP contribution >= 0.6 is 0 Å². The van der Waals surface area contributed by atoms with Crippen molar-refractivity contribution in [2.75, 3.05) is 6.61 Å². The minimum atomic E-state index is -1.32. The average molecular weight is 318 g/mol. The van der Waals surface area contributed by atoms with Gasteiger partial charge in [-0.3, -0.25) is 24.1 Å². The van der Waals surface area contributed by atoms with Gasteiger partial charge < -0.3 is 10.5 Å². The van der Waals surface area contributed by atoms with Crippen LogP contribution < -0.4 is 5.73 Å². The Balaban J connectivity index is 2.22. The highest BCUT2D eigenvalue weighted by Gasteiger charge is 2.51. The van der Waals surface area contributed by atoms with E-state index in [1.807, 2.05) is 6.07 Å². The van der Waals surface area contributed by atoms with Crippen LogP contribution in [0.5, 0.6) is 0 Å². The molecule has 2 N–H and O–H groups in total. The number of benzene rings is 1. The molecular formula is C16H18N2O5. The van der Waals surface area contributed by atoms with E-state index < -0.39 is 35.5 Å². The zero-order valence-corrected chi connectivity index (χ0v) is 12.7. The highest BCUT2D eigenvalue weighted by molar-refractivity contribution is 6.15. The molecule has 2 atom stereocenters. The van der Waals surface area contributed by atoms with Crippen LogP contribution in [0.4, 0.5) is 0 Å². The number of imide groups is 1. The van der Waals surface area contributed by atoms with Gasteiger partial charge in [0.05, 0.1) is 25.5 Å². The summed E-state index contributed by atoms with van der Waals surface area (Å²) in [5.74, 6) is -5.20. The summed E-state index contributed by atoms with van der Waals surface area (Å²) in [5.41, 5.74) is 6.00. The fraction of sp³-hybridized carbons (Fsp3) is 0.375. The summed E-state index contributed by atoms with van der Waals surface area (Å²) in [4.78, 5) is 49.0. The van der Waals surface area contributed by atoms with E-state index in [9.17, 15) is 19.2 Å². The molecule has 1 aromatic rings. The van der Waals surface area contributed by atoms with Crippen molar-refractivity contribution in [1.82, 2.24) is 4.90 Å². The second-order valence-corrected chi connectivity index (χ2v) is 5.24.